The van der Waals surface area contributed by atoms with Gasteiger partial charge in [-0.05, 0) is 61.9 Å². The molecule has 2 fully saturated rings. The molecule has 4 aromatic carbocycles. The normalized spacial score (nSPS) is 20.7. The molecule has 4 heterocycles. The Morgan fingerprint density at radius 1 is 0.839 bits per heavy atom. The second-order valence-electron chi connectivity index (χ2n) is 21.6. The van der Waals surface area contributed by atoms with Crippen LogP contribution in [0.25, 0.3) is 22.2 Å². The molecule has 6 aromatic rings. The van der Waals surface area contributed by atoms with E-state index in [1.807, 2.05) is 0 Å². The number of nitrogens with zero attached hydrogens (tertiary/aromatic N) is 2. The van der Waals surface area contributed by atoms with Crippen molar-refractivity contribution in [2.45, 2.75) is 81.7 Å². The first kappa shape index (κ1) is 61.1. The molecule has 2 aliphatic heterocycles. The molecule has 2 aromatic heterocycles. The van der Waals surface area contributed by atoms with Crippen LogP contribution in [0.2, 0.25) is 0 Å². The number of amides is 3. The first-order valence-electron chi connectivity index (χ1n) is 28.3. The number of nitrogens with one attached hydrogen (secondary N) is 2. The van der Waals surface area contributed by atoms with Gasteiger partial charge in [-0.15, -0.1) is 0 Å². The molecular weight excluding hydrogens is 1130 g/mol. The van der Waals surface area contributed by atoms with Gasteiger partial charge in [0, 0.05) is 92.4 Å². The van der Waals surface area contributed by atoms with E-state index in [9.17, 15) is 58.8 Å². The SMILES string of the molecule is COc1cccc2c1C(=O)c1c(O)c3c(c(O)c1C2=O)C[C@@](O)(C(=O)COC(=O)CCCC(=O)NCCOCCOc1cccc(C(=O)N2CCN(C(=O)C(=O)c4c[nH]c5c(-c6ccco6)ccc(OC)c45)CC2)c1)C[C@@H]3O[C@H]1C[C@H]([NH3+])[C@H](O)[C@H](C)O1. The number of piperazine rings is 1. The third-order valence-corrected chi connectivity index (χ3v) is 16.1. The molecule has 10 rings (SSSR count). The molecule has 3 amide bonds. The molecule has 9 N–H and O–H groups in total. The quantitative estimate of drug-likeness (QED) is 0.0168. The number of aromatic hydroxyl groups is 2. The Morgan fingerprint density at radius 2 is 1.59 bits per heavy atom. The minimum absolute atomic E-state index is 0.0388. The predicted molar refractivity (Wildman–Crippen MR) is 303 cm³/mol. The van der Waals surface area contributed by atoms with E-state index in [2.05, 4.69) is 16.0 Å². The number of H-pyrrole nitrogens is 1. The highest BCUT2D eigenvalue weighted by Gasteiger charge is 2.51. The number of fused-ring (bicyclic) bond motifs is 4. The average molecular weight is 1200 g/mol. The van der Waals surface area contributed by atoms with Gasteiger partial charge in [0.25, 0.3) is 17.6 Å². The highest BCUT2D eigenvalue weighted by atomic mass is 16.7. The molecule has 0 spiro atoms. The summed E-state index contributed by atoms with van der Waals surface area (Å²) in [5.41, 5.74) is 1.58. The van der Waals surface area contributed by atoms with Crippen LogP contribution in [0.3, 0.4) is 0 Å². The maximum Gasteiger partial charge on any atom is 0.306 e. The molecule has 2 saturated heterocycles. The van der Waals surface area contributed by atoms with E-state index in [-0.39, 0.29) is 124 Å². The Hall–Kier alpha value is -8.98. The number of aliphatic hydroxyl groups excluding tert-OH is 1. The second kappa shape index (κ2) is 25.9. The average Bonchev–Trinajstić information content (AvgIpc) is 1.22. The van der Waals surface area contributed by atoms with Gasteiger partial charge in [0.1, 0.15) is 58.9 Å². The minimum Gasteiger partial charge on any atom is -0.507 e. The number of aromatic amines is 1. The molecule has 25 heteroatoms. The third kappa shape index (κ3) is 12.4. The van der Waals surface area contributed by atoms with Gasteiger partial charge < -0.3 is 83.8 Å². The molecule has 4 aliphatic rings. The Morgan fingerprint density at radius 3 is 2.32 bits per heavy atom. The van der Waals surface area contributed by atoms with Crippen molar-refractivity contribution in [2.75, 3.05) is 73.4 Å². The zero-order chi connectivity index (χ0) is 61.8. The van der Waals surface area contributed by atoms with Crippen LogP contribution in [0.4, 0.5) is 0 Å². The Bertz CT molecular complexity index is 3650. The number of methoxy groups -OCH3 is 2. The number of quaternary nitrogens is 1. The minimum atomic E-state index is -2.43. The van der Waals surface area contributed by atoms with Crippen molar-refractivity contribution in [3.8, 4) is 40.1 Å². The van der Waals surface area contributed by atoms with Crippen molar-refractivity contribution in [3.63, 3.8) is 0 Å². The van der Waals surface area contributed by atoms with Crippen LogP contribution >= 0.6 is 0 Å². The van der Waals surface area contributed by atoms with Crippen molar-refractivity contribution in [1.82, 2.24) is 20.1 Å². The standard InChI is InChI=1S/C62H65N5O20/c1-32-54(71)39(63)27-47(86-32)87-43-29-62(79,28-37-50(43)59(76)52-51(56(37)73)55(72)36-10-5-11-41(80-2)49(36)58(52)75)44(68)31-85-46(70)14-6-13-45(69)64-17-23-82-24-25-83-34-9-4-8-33(26-34)60(77)66-18-20-67(21-19-66)61(78)57(74)38-30-65-53-35(40-12-7-22-84-40)15-16-42(81-3)48(38)53/h4-5,7-12,15-16,22,26,30,32,39,43,47,54,65,71,73,76,79H,6,13-14,17-21,23-25,27-29,31,63H2,1-3H3,(H,64,69)/p+1/t32-,39-,43-,47-,54+,62-/m0/s1. The van der Waals surface area contributed by atoms with Crippen LogP contribution in [0, 0.1) is 0 Å². The van der Waals surface area contributed by atoms with Crippen LogP contribution in [0.1, 0.15) is 109 Å². The van der Waals surface area contributed by atoms with Crippen molar-refractivity contribution < 1.29 is 102 Å². The highest BCUT2D eigenvalue weighted by molar-refractivity contribution is 6.45. The molecule has 0 radical (unpaired) electrons. The van der Waals surface area contributed by atoms with Crippen LogP contribution in [0.15, 0.2) is 83.6 Å². The van der Waals surface area contributed by atoms with Gasteiger partial charge in [-0.3, -0.25) is 38.4 Å². The van der Waals surface area contributed by atoms with Crippen LogP contribution in [0.5, 0.6) is 28.7 Å². The van der Waals surface area contributed by atoms with E-state index in [4.69, 9.17) is 37.6 Å². The van der Waals surface area contributed by atoms with E-state index in [1.165, 1.54) is 43.5 Å². The number of phenolic OH excluding ortho intramolecular Hbond substituents is 2. The summed E-state index contributed by atoms with van der Waals surface area (Å²) in [6.45, 7) is 1.87. The van der Waals surface area contributed by atoms with Crippen LogP contribution in [-0.4, -0.2) is 186 Å². The number of carbonyl (C=O) groups is 8. The number of benzene rings is 4. The number of phenols is 2. The summed E-state index contributed by atoms with van der Waals surface area (Å²) in [5, 5.41) is 49.4. The van der Waals surface area contributed by atoms with E-state index >= 15 is 0 Å². The summed E-state index contributed by atoms with van der Waals surface area (Å²) >= 11 is 0. The summed E-state index contributed by atoms with van der Waals surface area (Å²) in [6.07, 6.45) is -2.81. The number of carbonyl (C=O) groups excluding carboxylic acids is 8. The summed E-state index contributed by atoms with van der Waals surface area (Å²) in [6, 6.07) is 17.4. The topological polar surface area (TPSA) is 357 Å². The fraction of sp³-hybridized carbons (Fsp3) is 0.387. The number of hydrogen-bond donors (Lipinski definition) is 7. The molecule has 458 valence electrons. The molecule has 0 bridgehead atoms. The largest absolute Gasteiger partial charge is 0.507 e. The lowest BCUT2D eigenvalue weighted by Crippen LogP contribution is -2.71. The first-order valence-corrected chi connectivity index (χ1v) is 28.3. The van der Waals surface area contributed by atoms with Gasteiger partial charge in [-0.1, -0.05) is 18.2 Å². The molecular formula is C62H66N5O20+. The predicted octanol–water partition coefficient (Wildman–Crippen LogP) is 3.13. The summed E-state index contributed by atoms with van der Waals surface area (Å²) in [4.78, 5) is 114. The number of ether oxygens (including phenoxy) is 7. The Balaban J connectivity index is 0.645. The number of aliphatic hydroxyl groups is 2. The van der Waals surface area contributed by atoms with Gasteiger partial charge in [0.15, 0.2) is 18.7 Å². The zero-order valence-electron chi connectivity index (χ0n) is 47.9. The molecule has 6 atom stereocenters. The van der Waals surface area contributed by atoms with Gasteiger partial charge in [-0.2, -0.15) is 0 Å². The van der Waals surface area contributed by atoms with Crippen LogP contribution in [-0.2, 0) is 44.5 Å². The fourth-order valence-electron chi connectivity index (χ4n) is 11.6. The second-order valence-corrected chi connectivity index (χ2v) is 21.6. The Labute approximate surface area is 497 Å². The molecule has 25 nitrogen and oxygen atoms in total. The van der Waals surface area contributed by atoms with Gasteiger partial charge in [0.05, 0.1) is 85.5 Å². The molecule has 0 saturated carbocycles. The van der Waals surface area contributed by atoms with E-state index in [1.54, 1.807) is 66.6 Å². The van der Waals surface area contributed by atoms with Crippen molar-refractivity contribution in [1.29, 1.82) is 0 Å². The summed E-state index contributed by atoms with van der Waals surface area (Å²) in [7, 11) is 2.79. The fourth-order valence-corrected chi connectivity index (χ4v) is 11.6. The number of esters is 1. The lowest BCUT2D eigenvalue weighted by Gasteiger charge is -2.41. The molecule has 2 aliphatic carbocycles. The smallest absolute Gasteiger partial charge is 0.306 e. The monoisotopic (exact) mass is 1200 g/mol. The van der Waals surface area contributed by atoms with E-state index < -0.39 is 113 Å². The summed E-state index contributed by atoms with van der Waals surface area (Å²) in [5.74, 6) is -5.63. The number of ketones is 4. The number of furan rings is 1. The van der Waals surface area contributed by atoms with Crippen molar-refractivity contribution in [2.24, 2.45) is 0 Å². The first-order chi connectivity index (χ1) is 41.8. The Kier molecular flexibility index (Phi) is 18.2. The number of aromatic nitrogens is 1. The highest BCUT2D eigenvalue weighted by Crippen LogP contribution is 2.53. The number of hydrogen-bond acceptors (Lipinski definition) is 20. The lowest BCUT2D eigenvalue weighted by atomic mass is 9.72. The number of Topliss-reactive ketones (excluding diaryl/α,β-unsaturated/α-hetero) is 2. The van der Waals surface area contributed by atoms with Gasteiger partial charge >= 0.3 is 5.97 Å². The molecule has 0 unspecified atom stereocenters. The summed E-state index contributed by atoms with van der Waals surface area (Å²) < 4.78 is 45.3. The van der Waals surface area contributed by atoms with Gasteiger partial charge in [0.2, 0.25) is 17.5 Å². The molecule has 87 heavy (non-hydrogen) atoms. The van der Waals surface area contributed by atoms with E-state index in [0.29, 0.717) is 39.3 Å². The lowest BCUT2D eigenvalue weighted by molar-refractivity contribution is -0.466. The maximum atomic E-state index is 14.1. The van der Waals surface area contributed by atoms with Crippen LogP contribution < -0.4 is 25.3 Å². The van der Waals surface area contributed by atoms with Crippen molar-refractivity contribution >= 4 is 57.7 Å². The van der Waals surface area contributed by atoms with Gasteiger partial charge in [-0.25, -0.2) is 0 Å². The maximum absolute atomic E-state index is 14.1. The third-order valence-electron chi connectivity index (χ3n) is 16.1. The van der Waals surface area contributed by atoms with Crippen molar-refractivity contribution in [3.05, 3.63) is 124 Å². The number of rotatable bonds is 22. The van der Waals surface area contributed by atoms with E-state index in [0.717, 1.165) is 0 Å². The zero-order valence-corrected chi connectivity index (χ0v) is 47.9.